The molecule has 5 rings (SSSR count). The SMILES string of the molecule is CN(CCCC1CCC(C)(C)N1)c1cccc(SNC(=O)c2ccc(-n3ccc(OCCC4(C(F)(F)F)CC4)n3)nc2Cl)n1. The molecule has 1 atom stereocenters. The molecule has 0 spiro atoms. The van der Waals surface area contributed by atoms with Crippen LogP contribution in [0.1, 0.15) is 69.2 Å². The highest BCUT2D eigenvalue weighted by Crippen LogP contribution is 2.59. The summed E-state index contributed by atoms with van der Waals surface area (Å²) in [4.78, 5) is 23.9. The van der Waals surface area contributed by atoms with Crippen LogP contribution in [0, 0.1) is 5.41 Å². The van der Waals surface area contributed by atoms with Crippen LogP contribution in [0.4, 0.5) is 19.0 Å². The van der Waals surface area contributed by atoms with Crippen molar-refractivity contribution in [2.24, 2.45) is 5.41 Å². The number of carbonyl (C=O) groups excluding carboxylic acids is 1. The summed E-state index contributed by atoms with van der Waals surface area (Å²) >= 11 is 7.43. The van der Waals surface area contributed by atoms with Crippen molar-refractivity contribution in [1.82, 2.24) is 29.8 Å². The maximum absolute atomic E-state index is 13.1. The van der Waals surface area contributed by atoms with Gasteiger partial charge in [0.15, 0.2) is 5.82 Å². The van der Waals surface area contributed by atoms with Crippen molar-refractivity contribution in [2.75, 3.05) is 25.1 Å². The van der Waals surface area contributed by atoms with Crippen LogP contribution < -0.4 is 19.7 Å². The lowest BCUT2D eigenvalue weighted by molar-refractivity contribution is -0.190. The van der Waals surface area contributed by atoms with Gasteiger partial charge in [0.25, 0.3) is 5.91 Å². The molecule has 3 aromatic heterocycles. The van der Waals surface area contributed by atoms with Gasteiger partial charge < -0.3 is 15.0 Å². The third-order valence-corrected chi connectivity index (χ3v) is 9.28. The molecule has 238 valence electrons. The van der Waals surface area contributed by atoms with Gasteiger partial charge in [-0.25, -0.2) is 14.6 Å². The number of aromatic nitrogens is 4. The molecule has 1 amide bonds. The zero-order valence-corrected chi connectivity index (χ0v) is 26.5. The second-order valence-electron chi connectivity index (χ2n) is 12.2. The highest BCUT2D eigenvalue weighted by Gasteiger charge is 2.62. The molecule has 1 aliphatic carbocycles. The number of nitrogens with one attached hydrogen (secondary N) is 2. The van der Waals surface area contributed by atoms with Crippen LogP contribution in [0.3, 0.4) is 0 Å². The van der Waals surface area contributed by atoms with Gasteiger partial charge in [-0.05, 0) is 83.1 Å². The summed E-state index contributed by atoms with van der Waals surface area (Å²) in [6.07, 6.45) is 2.07. The van der Waals surface area contributed by atoms with Gasteiger partial charge in [0.05, 0.1) is 17.6 Å². The maximum Gasteiger partial charge on any atom is 0.394 e. The molecule has 3 aromatic rings. The summed E-state index contributed by atoms with van der Waals surface area (Å²) in [5, 5.41) is 8.52. The summed E-state index contributed by atoms with van der Waals surface area (Å²) in [5.74, 6) is 0.889. The smallest absolute Gasteiger partial charge is 0.394 e. The van der Waals surface area contributed by atoms with E-state index in [0.29, 0.717) is 16.9 Å². The first kappa shape index (κ1) is 32.4. The normalized spacial score (nSPS) is 18.7. The third-order valence-electron chi connectivity index (χ3n) is 8.27. The molecule has 0 bridgehead atoms. The first-order valence-electron chi connectivity index (χ1n) is 14.7. The van der Waals surface area contributed by atoms with Crippen molar-refractivity contribution in [3.8, 4) is 11.7 Å². The maximum atomic E-state index is 13.1. The minimum absolute atomic E-state index is 0.0268. The number of nitrogens with zero attached hydrogens (tertiary/aromatic N) is 5. The van der Waals surface area contributed by atoms with Crippen molar-refractivity contribution in [2.45, 2.75) is 81.6 Å². The van der Waals surface area contributed by atoms with E-state index in [0.717, 1.165) is 37.2 Å². The molecule has 14 heteroatoms. The number of rotatable bonds is 13. The van der Waals surface area contributed by atoms with Crippen molar-refractivity contribution in [3.63, 3.8) is 0 Å². The Balaban J connectivity index is 1.10. The van der Waals surface area contributed by atoms with E-state index in [2.05, 4.69) is 43.9 Å². The molecular weight excluding hydrogens is 615 g/mol. The largest absolute Gasteiger partial charge is 0.477 e. The van der Waals surface area contributed by atoms with E-state index in [1.165, 1.54) is 29.7 Å². The van der Waals surface area contributed by atoms with Crippen LogP contribution in [0.25, 0.3) is 5.82 Å². The van der Waals surface area contributed by atoms with Crippen LogP contribution in [0.2, 0.25) is 5.15 Å². The van der Waals surface area contributed by atoms with Crippen LogP contribution in [0.15, 0.2) is 47.6 Å². The van der Waals surface area contributed by atoms with Crippen LogP contribution >= 0.6 is 23.5 Å². The highest BCUT2D eigenvalue weighted by atomic mass is 35.5. The van der Waals surface area contributed by atoms with Crippen LogP contribution in [-0.2, 0) is 0 Å². The monoisotopic (exact) mass is 651 g/mol. The zero-order valence-electron chi connectivity index (χ0n) is 25.0. The predicted molar refractivity (Wildman–Crippen MR) is 165 cm³/mol. The highest BCUT2D eigenvalue weighted by molar-refractivity contribution is 7.97. The van der Waals surface area contributed by atoms with E-state index >= 15 is 0 Å². The number of anilines is 1. The Morgan fingerprint density at radius 2 is 2.00 bits per heavy atom. The van der Waals surface area contributed by atoms with Crippen molar-refractivity contribution in [1.29, 1.82) is 0 Å². The molecule has 0 aromatic carbocycles. The summed E-state index contributed by atoms with van der Waals surface area (Å²) in [6.45, 7) is 5.28. The predicted octanol–water partition coefficient (Wildman–Crippen LogP) is 6.61. The standard InChI is InChI=1S/C30H37ClF3N7O2S/c1-28(2)13-11-20(37-28)6-5-17-40(3)22-7-4-8-25(35-22)44-39-27(42)21-9-10-23(36-26(21)31)41-18-12-24(38-41)43-19-16-29(14-15-29)30(32,33)34/h4,7-10,12,18,20,37H,5-6,11,13-17,19H2,1-3H3,(H,39,42). The molecule has 0 radical (unpaired) electrons. The van der Waals surface area contributed by atoms with Crippen molar-refractivity contribution < 1.29 is 22.7 Å². The number of carbonyl (C=O) groups is 1. The minimum atomic E-state index is -4.22. The van der Waals surface area contributed by atoms with Crippen LogP contribution in [-0.4, -0.2) is 63.6 Å². The number of hydrogen-bond donors (Lipinski definition) is 2. The molecule has 2 N–H and O–H groups in total. The van der Waals surface area contributed by atoms with E-state index in [1.54, 1.807) is 12.3 Å². The molecule has 1 aliphatic heterocycles. The second kappa shape index (κ2) is 13.1. The molecule has 1 saturated carbocycles. The summed E-state index contributed by atoms with van der Waals surface area (Å²) < 4.78 is 48.9. The van der Waals surface area contributed by atoms with E-state index in [1.807, 2.05) is 25.2 Å². The van der Waals surface area contributed by atoms with Crippen LogP contribution in [0.5, 0.6) is 5.88 Å². The molecule has 2 fully saturated rings. The topological polar surface area (TPSA) is 97.2 Å². The fourth-order valence-electron chi connectivity index (χ4n) is 5.38. The Kier molecular flexibility index (Phi) is 9.66. The lowest BCUT2D eigenvalue weighted by Gasteiger charge is -2.22. The van der Waals surface area contributed by atoms with Crippen molar-refractivity contribution >= 4 is 35.3 Å². The summed E-state index contributed by atoms with van der Waals surface area (Å²) in [7, 11) is 2.01. The lowest BCUT2D eigenvalue weighted by atomic mass is 10.0. The first-order valence-corrected chi connectivity index (χ1v) is 15.9. The number of halogens is 4. The fourth-order valence-corrected chi connectivity index (χ4v) is 6.20. The lowest BCUT2D eigenvalue weighted by Crippen LogP contribution is -2.37. The molecule has 9 nitrogen and oxygen atoms in total. The summed E-state index contributed by atoms with van der Waals surface area (Å²) in [6, 6.07) is 10.9. The molecule has 44 heavy (non-hydrogen) atoms. The third kappa shape index (κ3) is 7.97. The van der Waals surface area contributed by atoms with Gasteiger partial charge in [-0.3, -0.25) is 9.52 Å². The van der Waals surface area contributed by atoms with Gasteiger partial charge in [-0.15, -0.1) is 5.10 Å². The van der Waals surface area contributed by atoms with Gasteiger partial charge in [0, 0.05) is 49.4 Å². The van der Waals surface area contributed by atoms with E-state index in [9.17, 15) is 18.0 Å². The Labute approximate surface area is 264 Å². The Bertz CT molecular complexity index is 1460. The minimum Gasteiger partial charge on any atom is -0.477 e. The van der Waals surface area contributed by atoms with E-state index in [4.69, 9.17) is 16.3 Å². The zero-order chi connectivity index (χ0) is 31.5. The number of amides is 1. The first-order chi connectivity index (χ1) is 20.8. The Morgan fingerprint density at radius 3 is 2.68 bits per heavy atom. The molecule has 1 saturated heterocycles. The van der Waals surface area contributed by atoms with Gasteiger partial charge in [0.2, 0.25) is 5.88 Å². The number of pyridine rings is 2. The van der Waals surface area contributed by atoms with Crippen molar-refractivity contribution in [3.05, 3.63) is 53.3 Å². The number of alkyl halides is 3. The average Bonchev–Trinajstić information content (AvgIpc) is 3.50. The molecule has 1 unspecified atom stereocenters. The van der Waals surface area contributed by atoms with Gasteiger partial charge in [0.1, 0.15) is 16.0 Å². The van der Waals surface area contributed by atoms with Gasteiger partial charge in [-0.2, -0.15) is 13.2 Å². The molecular formula is C30H37ClF3N7O2S. The Hall–Kier alpha value is -3.03. The quantitative estimate of drug-likeness (QED) is 0.157. The van der Waals surface area contributed by atoms with E-state index in [-0.39, 0.29) is 48.0 Å². The van der Waals surface area contributed by atoms with E-state index < -0.39 is 17.5 Å². The summed E-state index contributed by atoms with van der Waals surface area (Å²) in [5.41, 5.74) is -1.23. The average molecular weight is 652 g/mol. The van der Waals surface area contributed by atoms with Gasteiger partial charge >= 0.3 is 6.18 Å². The Morgan fingerprint density at radius 1 is 1.20 bits per heavy atom. The fraction of sp³-hybridized carbons (Fsp3) is 0.533. The molecule has 2 aliphatic rings. The van der Waals surface area contributed by atoms with Gasteiger partial charge in [-0.1, -0.05) is 17.7 Å². The molecule has 4 heterocycles. The second-order valence-corrected chi connectivity index (χ2v) is 13.4. The number of hydrogen-bond acceptors (Lipinski definition) is 8. The number of ether oxygens (including phenoxy) is 1.